The second-order valence-electron chi connectivity index (χ2n) is 7.77. The van der Waals surface area contributed by atoms with Gasteiger partial charge in [0.15, 0.2) is 0 Å². The van der Waals surface area contributed by atoms with Gasteiger partial charge in [-0.05, 0) is 47.1 Å². The van der Waals surface area contributed by atoms with E-state index in [1.54, 1.807) is 13.8 Å². The topological polar surface area (TPSA) is 83.7 Å². The quantitative estimate of drug-likeness (QED) is 0.780. The van der Waals surface area contributed by atoms with E-state index >= 15 is 0 Å². The number of hydrogen-bond acceptors (Lipinski definition) is 5. The van der Waals surface area contributed by atoms with Gasteiger partial charge in [-0.25, -0.2) is 4.79 Å². The first-order chi connectivity index (χ1) is 12.1. The van der Waals surface area contributed by atoms with E-state index in [-0.39, 0.29) is 23.7 Å². The summed E-state index contributed by atoms with van der Waals surface area (Å²) in [5.74, 6) is -0.657. The fourth-order valence-corrected chi connectivity index (χ4v) is 3.55. The Balaban J connectivity index is 2.07. The van der Waals surface area contributed by atoms with E-state index in [1.165, 1.54) is 7.11 Å². The molecule has 1 aliphatic heterocycles. The van der Waals surface area contributed by atoms with Crippen LogP contribution in [0.3, 0.4) is 0 Å². The second-order valence-corrected chi connectivity index (χ2v) is 7.77. The molecule has 0 spiro atoms. The number of morpholine rings is 1. The molecule has 1 aromatic heterocycles. The van der Waals surface area contributed by atoms with Gasteiger partial charge in [0.2, 0.25) is 0 Å². The molecule has 2 N–H and O–H groups in total. The van der Waals surface area contributed by atoms with Crippen molar-refractivity contribution in [2.24, 2.45) is 0 Å². The van der Waals surface area contributed by atoms with Crippen LogP contribution in [0.2, 0.25) is 0 Å². The fraction of sp³-hybridized carbons (Fsp3) is 0.684. The highest BCUT2D eigenvalue weighted by molar-refractivity contribution is 6.00. The van der Waals surface area contributed by atoms with Gasteiger partial charge in [-0.1, -0.05) is 0 Å². The van der Waals surface area contributed by atoms with Crippen molar-refractivity contribution in [2.75, 3.05) is 26.7 Å². The van der Waals surface area contributed by atoms with Crippen LogP contribution in [0.1, 0.15) is 59.8 Å². The lowest BCUT2D eigenvalue weighted by molar-refractivity contribution is -0.0948. The molecule has 0 bridgehead atoms. The standard InChI is InChI=1S/C19H31N3O4/c1-11-8-22(9-12(2)26-11)19(5,6)10-20-17(23)16-13(3)15(14(4)21-16)18(24)25-7/h11-12,21H,8-10H2,1-7H3,(H,20,23)/t11-,12-/m0/s1. The van der Waals surface area contributed by atoms with E-state index in [4.69, 9.17) is 9.47 Å². The summed E-state index contributed by atoms with van der Waals surface area (Å²) >= 11 is 0. The number of amides is 1. The van der Waals surface area contributed by atoms with Gasteiger partial charge in [-0.15, -0.1) is 0 Å². The molecule has 0 radical (unpaired) electrons. The average molecular weight is 365 g/mol. The largest absolute Gasteiger partial charge is 0.465 e. The Kier molecular flexibility index (Phi) is 6.13. The molecule has 0 aliphatic carbocycles. The Morgan fingerprint density at radius 3 is 2.38 bits per heavy atom. The molecular formula is C19H31N3O4. The molecule has 26 heavy (non-hydrogen) atoms. The zero-order valence-corrected chi connectivity index (χ0v) is 16.9. The molecule has 7 nitrogen and oxygen atoms in total. The number of aryl methyl sites for hydroxylation is 1. The zero-order chi connectivity index (χ0) is 19.6. The van der Waals surface area contributed by atoms with E-state index < -0.39 is 5.97 Å². The van der Waals surface area contributed by atoms with Gasteiger partial charge in [0.25, 0.3) is 5.91 Å². The summed E-state index contributed by atoms with van der Waals surface area (Å²) in [6.45, 7) is 14.0. The molecule has 0 aromatic carbocycles. The minimum Gasteiger partial charge on any atom is -0.465 e. The summed E-state index contributed by atoms with van der Waals surface area (Å²) in [5.41, 5.74) is 1.87. The SMILES string of the molecule is COC(=O)c1c(C)[nH]c(C(=O)NCC(C)(C)N2C[C@H](C)O[C@@H](C)C2)c1C. The van der Waals surface area contributed by atoms with Crippen molar-refractivity contribution in [2.45, 2.75) is 59.3 Å². The fourth-order valence-electron chi connectivity index (χ4n) is 3.55. The Morgan fingerprint density at radius 1 is 1.27 bits per heavy atom. The molecule has 1 amide bonds. The van der Waals surface area contributed by atoms with Crippen molar-refractivity contribution in [1.82, 2.24) is 15.2 Å². The molecule has 1 fully saturated rings. The number of rotatable bonds is 5. The summed E-state index contributed by atoms with van der Waals surface area (Å²) in [6, 6.07) is 0. The normalized spacial score (nSPS) is 21.5. The maximum Gasteiger partial charge on any atom is 0.339 e. The lowest BCUT2D eigenvalue weighted by Gasteiger charge is -2.45. The highest BCUT2D eigenvalue weighted by Crippen LogP contribution is 2.22. The van der Waals surface area contributed by atoms with Crippen LogP contribution in [0.4, 0.5) is 0 Å². The number of nitrogens with one attached hydrogen (secondary N) is 2. The minimum atomic E-state index is -0.438. The molecular weight excluding hydrogens is 334 g/mol. The number of carbonyl (C=O) groups excluding carboxylic acids is 2. The van der Waals surface area contributed by atoms with Crippen molar-refractivity contribution in [3.05, 3.63) is 22.5 Å². The van der Waals surface area contributed by atoms with Crippen molar-refractivity contribution < 1.29 is 19.1 Å². The third-order valence-corrected chi connectivity index (χ3v) is 5.01. The minimum absolute atomic E-state index is 0.171. The molecule has 1 aromatic rings. The number of methoxy groups -OCH3 is 1. The summed E-state index contributed by atoms with van der Waals surface area (Å²) in [7, 11) is 1.33. The lowest BCUT2D eigenvalue weighted by atomic mass is 10.00. The number of H-pyrrole nitrogens is 1. The molecule has 2 atom stereocenters. The maximum atomic E-state index is 12.7. The van der Waals surface area contributed by atoms with Gasteiger partial charge in [-0.3, -0.25) is 9.69 Å². The van der Waals surface area contributed by atoms with Crippen LogP contribution in [-0.2, 0) is 9.47 Å². The number of esters is 1. The van der Waals surface area contributed by atoms with Gasteiger partial charge in [0, 0.05) is 30.9 Å². The molecule has 7 heteroatoms. The first kappa shape index (κ1) is 20.5. The molecule has 1 aliphatic rings. The van der Waals surface area contributed by atoms with E-state index in [0.29, 0.717) is 29.1 Å². The van der Waals surface area contributed by atoms with Crippen molar-refractivity contribution in [3.63, 3.8) is 0 Å². The lowest BCUT2D eigenvalue weighted by Crippen LogP contribution is -2.58. The molecule has 146 valence electrons. The molecule has 0 saturated carbocycles. The summed E-state index contributed by atoms with van der Waals surface area (Å²) in [4.78, 5) is 29.9. The Labute approximate surface area is 155 Å². The van der Waals surface area contributed by atoms with Crippen molar-refractivity contribution >= 4 is 11.9 Å². The van der Waals surface area contributed by atoms with Gasteiger partial charge in [0.05, 0.1) is 24.9 Å². The zero-order valence-electron chi connectivity index (χ0n) is 16.9. The summed E-state index contributed by atoms with van der Waals surface area (Å²) in [5, 5.41) is 3.00. The second kappa shape index (κ2) is 7.80. The third kappa shape index (κ3) is 4.27. The van der Waals surface area contributed by atoms with E-state index in [0.717, 1.165) is 13.1 Å². The number of aromatic nitrogens is 1. The Morgan fingerprint density at radius 2 is 1.85 bits per heavy atom. The number of carbonyl (C=O) groups is 2. The van der Waals surface area contributed by atoms with Gasteiger partial charge in [0.1, 0.15) is 5.69 Å². The third-order valence-electron chi connectivity index (χ3n) is 5.01. The monoisotopic (exact) mass is 365 g/mol. The maximum absolute atomic E-state index is 12.7. The Hall–Kier alpha value is -1.86. The molecule has 2 rings (SSSR count). The highest BCUT2D eigenvalue weighted by atomic mass is 16.5. The van der Waals surface area contributed by atoms with E-state index in [9.17, 15) is 9.59 Å². The first-order valence-corrected chi connectivity index (χ1v) is 9.03. The van der Waals surface area contributed by atoms with Gasteiger partial charge < -0.3 is 19.8 Å². The number of nitrogens with zero attached hydrogens (tertiary/aromatic N) is 1. The van der Waals surface area contributed by atoms with E-state index in [2.05, 4.69) is 42.9 Å². The number of hydrogen-bond donors (Lipinski definition) is 2. The van der Waals surface area contributed by atoms with Crippen molar-refractivity contribution in [1.29, 1.82) is 0 Å². The van der Waals surface area contributed by atoms with Crippen molar-refractivity contribution in [3.8, 4) is 0 Å². The Bertz CT molecular complexity index is 671. The predicted octanol–water partition coefficient (Wildman–Crippen LogP) is 2.04. The van der Waals surface area contributed by atoms with E-state index in [1.807, 2.05) is 0 Å². The predicted molar refractivity (Wildman–Crippen MR) is 99.6 cm³/mol. The summed E-state index contributed by atoms with van der Waals surface area (Å²) < 4.78 is 10.6. The van der Waals surface area contributed by atoms with Crippen LogP contribution in [0.5, 0.6) is 0 Å². The number of aromatic amines is 1. The molecule has 1 saturated heterocycles. The van der Waals surface area contributed by atoms with Crippen LogP contribution >= 0.6 is 0 Å². The average Bonchev–Trinajstić information content (AvgIpc) is 2.86. The van der Waals surface area contributed by atoms with Crippen LogP contribution in [0.15, 0.2) is 0 Å². The number of ether oxygens (including phenoxy) is 2. The molecule has 2 heterocycles. The van der Waals surface area contributed by atoms with Gasteiger partial charge >= 0.3 is 5.97 Å². The van der Waals surface area contributed by atoms with Crippen LogP contribution in [-0.4, -0.2) is 66.3 Å². The summed E-state index contributed by atoms with van der Waals surface area (Å²) in [6.07, 6.45) is 0.342. The van der Waals surface area contributed by atoms with Crippen LogP contribution in [0, 0.1) is 13.8 Å². The van der Waals surface area contributed by atoms with Gasteiger partial charge in [-0.2, -0.15) is 0 Å². The first-order valence-electron chi connectivity index (χ1n) is 9.03. The van der Waals surface area contributed by atoms with Crippen LogP contribution < -0.4 is 5.32 Å². The smallest absolute Gasteiger partial charge is 0.339 e. The molecule has 0 unspecified atom stereocenters. The highest BCUT2D eigenvalue weighted by Gasteiger charge is 2.34. The van der Waals surface area contributed by atoms with Crippen LogP contribution in [0.25, 0.3) is 0 Å².